The van der Waals surface area contributed by atoms with Gasteiger partial charge in [-0.15, -0.1) is 0 Å². The average molecular weight is 380 g/mol. The molecule has 0 aromatic heterocycles. The largest absolute Gasteiger partial charge is 0.270 e. The summed E-state index contributed by atoms with van der Waals surface area (Å²) in [6.45, 7) is 1.95. The summed E-state index contributed by atoms with van der Waals surface area (Å²) in [4.78, 5) is 14.8. The highest BCUT2D eigenvalue weighted by Gasteiger charge is 2.34. The lowest BCUT2D eigenvalue weighted by atomic mass is 10.1. The predicted molar refractivity (Wildman–Crippen MR) is 103 cm³/mol. The van der Waals surface area contributed by atoms with Gasteiger partial charge < -0.3 is 0 Å². The van der Waals surface area contributed by atoms with Gasteiger partial charge >= 0.3 is 0 Å². The van der Waals surface area contributed by atoms with E-state index in [9.17, 15) is 4.79 Å². The van der Waals surface area contributed by atoms with Gasteiger partial charge in [0.15, 0.2) is 4.32 Å². The lowest BCUT2D eigenvalue weighted by Gasteiger charge is -2.16. The normalized spacial score (nSPS) is 16.5. The number of amides is 1. The quantitative estimate of drug-likeness (QED) is 0.492. The van der Waals surface area contributed by atoms with Crippen LogP contribution in [-0.2, 0) is 4.79 Å². The van der Waals surface area contributed by atoms with Crippen molar-refractivity contribution in [3.63, 3.8) is 0 Å². The first-order valence-corrected chi connectivity index (χ1v) is 8.74. The highest BCUT2D eigenvalue weighted by molar-refractivity contribution is 8.27. The van der Waals surface area contributed by atoms with Crippen LogP contribution in [0, 0.1) is 6.92 Å². The fourth-order valence-corrected chi connectivity index (χ4v) is 3.90. The monoisotopic (exact) mass is 379 g/mol. The molecule has 0 unspecified atom stereocenters. The molecule has 1 aliphatic heterocycles. The maximum atomic E-state index is 12.7. The standard InChI is InChI=1S/C17H11Cl2NOS2/c1-10-5-2-3-8-13(10)20-16(21)14(23-17(20)22)9-11-6-4-7-12(18)15(11)19/h2-9H,1H3/b14-9-. The number of hydrogen-bond acceptors (Lipinski definition) is 3. The Morgan fingerprint density at radius 1 is 1.13 bits per heavy atom. The van der Waals surface area contributed by atoms with Gasteiger partial charge in [-0.1, -0.05) is 77.5 Å². The van der Waals surface area contributed by atoms with E-state index in [1.165, 1.54) is 11.8 Å². The number of para-hydroxylation sites is 1. The van der Waals surface area contributed by atoms with E-state index in [0.717, 1.165) is 11.3 Å². The lowest BCUT2D eigenvalue weighted by molar-refractivity contribution is -0.113. The van der Waals surface area contributed by atoms with Gasteiger partial charge in [0.1, 0.15) is 0 Å². The summed E-state index contributed by atoms with van der Waals surface area (Å²) < 4.78 is 0.508. The van der Waals surface area contributed by atoms with Crippen molar-refractivity contribution in [3.05, 3.63) is 68.5 Å². The van der Waals surface area contributed by atoms with Crippen molar-refractivity contribution in [2.75, 3.05) is 4.90 Å². The maximum Gasteiger partial charge on any atom is 0.270 e. The summed E-state index contributed by atoms with van der Waals surface area (Å²) in [6.07, 6.45) is 1.73. The summed E-state index contributed by atoms with van der Waals surface area (Å²) in [6, 6.07) is 13.0. The molecule has 0 bridgehead atoms. The van der Waals surface area contributed by atoms with Gasteiger partial charge in [-0.05, 0) is 36.3 Å². The van der Waals surface area contributed by atoms with Crippen molar-refractivity contribution < 1.29 is 4.79 Å². The number of benzene rings is 2. The fraction of sp³-hybridized carbons (Fsp3) is 0.0588. The Bertz CT molecular complexity index is 848. The molecule has 2 aromatic rings. The van der Waals surface area contributed by atoms with Crippen molar-refractivity contribution in [2.24, 2.45) is 0 Å². The van der Waals surface area contributed by atoms with Crippen LogP contribution in [0.2, 0.25) is 10.0 Å². The van der Waals surface area contributed by atoms with Crippen LogP contribution >= 0.6 is 47.2 Å². The van der Waals surface area contributed by atoms with Crippen molar-refractivity contribution in [1.29, 1.82) is 0 Å². The zero-order valence-electron chi connectivity index (χ0n) is 12.0. The molecule has 1 aliphatic rings. The maximum absolute atomic E-state index is 12.7. The number of aryl methyl sites for hydroxylation is 1. The Balaban J connectivity index is 2.00. The van der Waals surface area contributed by atoms with Gasteiger partial charge in [0, 0.05) is 0 Å². The highest BCUT2D eigenvalue weighted by atomic mass is 35.5. The first-order valence-electron chi connectivity index (χ1n) is 6.76. The molecule has 0 radical (unpaired) electrons. The molecule has 0 aliphatic carbocycles. The van der Waals surface area contributed by atoms with Gasteiger partial charge in [0.05, 0.1) is 20.6 Å². The second-order valence-electron chi connectivity index (χ2n) is 4.95. The van der Waals surface area contributed by atoms with E-state index in [4.69, 9.17) is 35.4 Å². The smallest absolute Gasteiger partial charge is 0.268 e. The third-order valence-corrected chi connectivity index (χ3v) is 5.55. The third-order valence-electron chi connectivity index (χ3n) is 3.42. The molecular formula is C17H11Cl2NOS2. The molecule has 2 nitrogen and oxygen atoms in total. The average Bonchev–Trinajstić information content (AvgIpc) is 2.79. The molecule has 1 heterocycles. The minimum Gasteiger partial charge on any atom is -0.268 e. The van der Waals surface area contributed by atoms with Gasteiger partial charge in [-0.25, -0.2) is 0 Å². The van der Waals surface area contributed by atoms with Crippen LogP contribution in [0.1, 0.15) is 11.1 Å². The van der Waals surface area contributed by atoms with E-state index >= 15 is 0 Å². The molecule has 23 heavy (non-hydrogen) atoms. The van der Waals surface area contributed by atoms with E-state index < -0.39 is 0 Å². The third kappa shape index (κ3) is 3.17. The fourth-order valence-electron chi connectivity index (χ4n) is 2.26. The van der Waals surface area contributed by atoms with Crippen LogP contribution in [0.25, 0.3) is 6.08 Å². The second kappa shape index (κ2) is 6.65. The van der Waals surface area contributed by atoms with Crippen LogP contribution in [0.3, 0.4) is 0 Å². The number of carbonyl (C=O) groups is 1. The number of thioether (sulfide) groups is 1. The molecule has 6 heteroatoms. The van der Waals surface area contributed by atoms with Crippen LogP contribution in [-0.4, -0.2) is 10.2 Å². The molecule has 0 spiro atoms. The number of nitrogens with zero attached hydrogens (tertiary/aromatic N) is 1. The van der Waals surface area contributed by atoms with E-state index in [1.54, 1.807) is 23.1 Å². The molecule has 116 valence electrons. The minimum atomic E-state index is -0.148. The summed E-state index contributed by atoms with van der Waals surface area (Å²) >= 11 is 18.9. The Labute approximate surface area is 154 Å². The van der Waals surface area contributed by atoms with E-state index in [1.807, 2.05) is 37.3 Å². The number of carbonyl (C=O) groups excluding carboxylic acids is 1. The summed E-state index contributed by atoms with van der Waals surface area (Å²) in [5, 5.41) is 0.880. The van der Waals surface area contributed by atoms with Crippen LogP contribution in [0.15, 0.2) is 47.4 Å². The van der Waals surface area contributed by atoms with E-state index in [2.05, 4.69) is 0 Å². The van der Waals surface area contributed by atoms with Gasteiger partial charge in [-0.2, -0.15) is 0 Å². The molecule has 1 fully saturated rings. The SMILES string of the molecule is Cc1ccccc1N1C(=O)/C(=C/c2cccc(Cl)c2Cl)SC1=S. The Hall–Kier alpha value is -1.33. The number of thiocarbonyl (C=S) groups is 1. The highest BCUT2D eigenvalue weighted by Crippen LogP contribution is 2.38. The zero-order chi connectivity index (χ0) is 16.6. The summed E-state index contributed by atoms with van der Waals surface area (Å²) in [5.41, 5.74) is 2.49. The molecule has 1 amide bonds. The minimum absolute atomic E-state index is 0.148. The first kappa shape index (κ1) is 16.5. The summed E-state index contributed by atoms with van der Waals surface area (Å²) in [5.74, 6) is -0.148. The van der Waals surface area contributed by atoms with Crippen molar-refractivity contribution in [2.45, 2.75) is 6.92 Å². The number of anilines is 1. The van der Waals surface area contributed by atoms with Gasteiger partial charge in [0.25, 0.3) is 5.91 Å². The van der Waals surface area contributed by atoms with Crippen LogP contribution in [0.4, 0.5) is 5.69 Å². The van der Waals surface area contributed by atoms with Crippen LogP contribution < -0.4 is 4.90 Å². The van der Waals surface area contributed by atoms with Crippen molar-refractivity contribution in [1.82, 2.24) is 0 Å². The number of halogens is 2. The second-order valence-corrected chi connectivity index (χ2v) is 7.41. The molecule has 3 rings (SSSR count). The lowest BCUT2D eigenvalue weighted by Crippen LogP contribution is -2.28. The molecule has 2 aromatic carbocycles. The van der Waals surface area contributed by atoms with Gasteiger partial charge in [-0.3, -0.25) is 9.69 Å². The Morgan fingerprint density at radius 3 is 2.61 bits per heavy atom. The zero-order valence-corrected chi connectivity index (χ0v) is 15.2. The van der Waals surface area contributed by atoms with E-state index in [0.29, 0.717) is 24.8 Å². The topological polar surface area (TPSA) is 20.3 Å². The van der Waals surface area contributed by atoms with Crippen molar-refractivity contribution >= 4 is 69.2 Å². The molecule has 0 saturated carbocycles. The molecule has 0 atom stereocenters. The van der Waals surface area contributed by atoms with Crippen molar-refractivity contribution in [3.8, 4) is 0 Å². The predicted octanol–water partition coefficient (Wildman–Crippen LogP) is 5.71. The molecule has 0 N–H and O–H groups in total. The Morgan fingerprint density at radius 2 is 1.87 bits per heavy atom. The number of rotatable bonds is 2. The molecular weight excluding hydrogens is 369 g/mol. The molecule has 1 saturated heterocycles. The van der Waals surface area contributed by atoms with E-state index in [-0.39, 0.29) is 5.91 Å². The van der Waals surface area contributed by atoms with Crippen LogP contribution in [0.5, 0.6) is 0 Å². The number of hydrogen-bond donors (Lipinski definition) is 0. The summed E-state index contributed by atoms with van der Waals surface area (Å²) in [7, 11) is 0. The van der Waals surface area contributed by atoms with Gasteiger partial charge in [0.2, 0.25) is 0 Å². The first-order chi connectivity index (χ1) is 11.0. The Kier molecular flexibility index (Phi) is 4.78.